The number of aliphatic carboxylic acids is 1. The largest absolute Gasteiger partial charge is 0.481 e. The van der Waals surface area contributed by atoms with Gasteiger partial charge in [-0.2, -0.15) is 0 Å². The van der Waals surface area contributed by atoms with Gasteiger partial charge in [-0.3, -0.25) is 14.5 Å². The van der Waals surface area contributed by atoms with E-state index in [0.29, 0.717) is 19.6 Å². The average Bonchev–Trinajstić information content (AvgIpc) is 2.94. The van der Waals surface area contributed by atoms with Gasteiger partial charge < -0.3 is 10.0 Å². The van der Waals surface area contributed by atoms with Crippen molar-refractivity contribution in [2.24, 2.45) is 5.92 Å². The number of likely N-dealkylation sites (tertiary alicyclic amines) is 1. The van der Waals surface area contributed by atoms with E-state index in [1.807, 2.05) is 9.80 Å². The molecule has 7 heteroatoms. The molecule has 0 aromatic carbocycles. The fourth-order valence-electron chi connectivity index (χ4n) is 3.15. The second-order valence-electron chi connectivity index (χ2n) is 5.85. The predicted molar refractivity (Wildman–Crippen MR) is 87.5 cm³/mol. The van der Waals surface area contributed by atoms with Crippen LogP contribution < -0.4 is 0 Å². The highest BCUT2D eigenvalue weighted by Crippen LogP contribution is 2.24. The molecule has 1 fully saturated rings. The average molecular weight is 345 g/mol. The second-order valence-corrected chi connectivity index (χ2v) is 6.85. The predicted octanol–water partition coefficient (Wildman–Crippen LogP) is 1.85. The first kappa shape index (κ1) is 17.2. The molecule has 1 amide bonds. The molecule has 0 saturated carbocycles. The molecule has 122 valence electrons. The Balaban J connectivity index is 0.00000176. The first-order valence-corrected chi connectivity index (χ1v) is 8.29. The second kappa shape index (κ2) is 7.44. The van der Waals surface area contributed by atoms with Crippen molar-refractivity contribution in [1.29, 1.82) is 0 Å². The number of carboxylic acids is 1. The molecular formula is C15H21ClN2O3S. The van der Waals surface area contributed by atoms with E-state index in [9.17, 15) is 9.59 Å². The van der Waals surface area contributed by atoms with Crippen molar-refractivity contribution in [3.63, 3.8) is 0 Å². The zero-order chi connectivity index (χ0) is 14.8. The number of rotatable bonds is 3. The Labute approximate surface area is 140 Å². The number of carboxylic acid groups (broad SMARTS) is 1. The van der Waals surface area contributed by atoms with Crippen LogP contribution in [0.4, 0.5) is 0 Å². The van der Waals surface area contributed by atoms with Crippen molar-refractivity contribution < 1.29 is 14.7 Å². The van der Waals surface area contributed by atoms with Gasteiger partial charge in [0.2, 0.25) is 5.91 Å². The van der Waals surface area contributed by atoms with Gasteiger partial charge in [0.1, 0.15) is 0 Å². The Morgan fingerprint density at radius 1 is 1.36 bits per heavy atom. The molecule has 1 aromatic rings. The maximum atomic E-state index is 12.4. The van der Waals surface area contributed by atoms with Crippen LogP contribution in [0.2, 0.25) is 0 Å². The summed E-state index contributed by atoms with van der Waals surface area (Å²) in [5.41, 5.74) is 1.27. The van der Waals surface area contributed by atoms with E-state index in [0.717, 1.165) is 32.4 Å². The third kappa shape index (κ3) is 3.80. The first-order chi connectivity index (χ1) is 10.1. The molecule has 1 aromatic heterocycles. The molecule has 3 rings (SSSR count). The van der Waals surface area contributed by atoms with Crippen molar-refractivity contribution in [1.82, 2.24) is 9.80 Å². The summed E-state index contributed by atoms with van der Waals surface area (Å²) in [6.45, 7) is 3.16. The summed E-state index contributed by atoms with van der Waals surface area (Å²) in [5.74, 6) is -0.942. The van der Waals surface area contributed by atoms with Gasteiger partial charge in [-0.05, 0) is 42.8 Å². The number of thiophene rings is 1. The summed E-state index contributed by atoms with van der Waals surface area (Å²) in [4.78, 5) is 28.8. The summed E-state index contributed by atoms with van der Waals surface area (Å²) in [6.07, 6.45) is 2.53. The van der Waals surface area contributed by atoms with Gasteiger partial charge in [-0.15, -0.1) is 23.7 Å². The minimum Gasteiger partial charge on any atom is -0.481 e. The number of fused-ring (bicyclic) bond motifs is 1. The van der Waals surface area contributed by atoms with Crippen molar-refractivity contribution in [3.8, 4) is 0 Å². The fraction of sp³-hybridized carbons (Fsp3) is 0.600. The van der Waals surface area contributed by atoms with Crippen LogP contribution in [-0.4, -0.2) is 53.0 Å². The molecular weight excluding hydrogens is 324 g/mol. The smallest absolute Gasteiger partial charge is 0.307 e. The molecule has 0 spiro atoms. The maximum absolute atomic E-state index is 12.4. The van der Waals surface area contributed by atoms with Gasteiger partial charge in [0, 0.05) is 24.5 Å². The van der Waals surface area contributed by atoms with Crippen LogP contribution >= 0.6 is 23.7 Å². The molecule has 1 N–H and O–H groups in total. The Morgan fingerprint density at radius 2 is 2.18 bits per heavy atom. The molecule has 0 bridgehead atoms. The number of hydrogen-bond acceptors (Lipinski definition) is 4. The van der Waals surface area contributed by atoms with Crippen molar-refractivity contribution >= 4 is 35.6 Å². The van der Waals surface area contributed by atoms with Gasteiger partial charge in [0.15, 0.2) is 0 Å². The lowest BCUT2D eigenvalue weighted by Crippen LogP contribution is -2.46. The van der Waals surface area contributed by atoms with Crippen LogP contribution in [0.15, 0.2) is 11.4 Å². The fourth-order valence-corrected chi connectivity index (χ4v) is 4.04. The van der Waals surface area contributed by atoms with Crippen LogP contribution in [0.25, 0.3) is 0 Å². The number of carbonyl (C=O) groups is 2. The highest BCUT2D eigenvalue weighted by Gasteiger charge is 2.28. The van der Waals surface area contributed by atoms with E-state index in [1.54, 1.807) is 11.3 Å². The molecule has 1 unspecified atom stereocenters. The zero-order valence-electron chi connectivity index (χ0n) is 12.4. The Kier molecular flexibility index (Phi) is 5.83. The van der Waals surface area contributed by atoms with Crippen LogP contribution in [-0.2, 0) is 22.6 Å². The minimum absolute atomic E-state index is 0. The molecule has 3 heterocycles. The quantitative estimate of drug-likeness (QED) is 0.909. The molecule has 2 aliphatic rings. The lowest BCUT2D eigenvalue weighted by atomic mass is 9.98. The summed E-state index contributed by atoms with van der Waals surface area (Å²) in [7, 11) is 0. The van der Waals surface area contributed by atoms with E-state index in [-0.39, 0.29) is 24.2 Å². The first-order valence-electron chi connectivity index (χ1n) is 7.41. The van der Waals surface area contributed by atoms with Gasteiger partial charge >= 0.3 is 5.97 Å². The van der Waals surface area contributed by atoms with E-state index in [2.05, 4.69) is 11.4 Å². The van der Waals surface area contributed by atoms with Crippen molar-refractivity contribution in [2.75, 3.05) is 26.2 Å². The topological polar surface area (TPSA) is 60.9 Å². The van der Waals surface area contributed by atoms with Crippen LogP contribution in [0, 0.1) is 5.92 Å². The molecule has 1 atom stereocenters. The van der Waals surface area contributed by atoms with Crippen LogP contribution in [0.5, 0.6) is 0 Å². The number of nitrogens with zero attached hydrogens (tertiary/aromatic N) is 2. The SMILES string of the molecule is Cl.O=C(O)C1CCCN(CC(=O)N2CCc3sccc3C2)C1. The molecule has 5 nitrogen and oxygen atoms in total. The summed E-state index contributed by atoms with van der Waals surface area (Å²) >= 11 is 1.76. The van der Waals surface area contributed by atoms with E-state index >= 15 is 0 Å². The number of carbonyl (C=O) groups excluding carboxylic acids is 1. The third-order valence-electron chi connectivity index (χ3n) is 4.37. The van der Waals surface area contributed by atoms with Crippen molar-refractivity contribution in [2.45, 2.75) is 25.8 Å². The molecule has 2 aliphatic heterocycles. The van der Waals surface area contributed by atoms with Crippen LogP contribution in [0.3, 0.4) is 0 Å². The zero-order valence-corrected chi connectivity index (χ0v) is 14.0. The number of amides is 1. The van der Waals surface area contributed by atoms with Gasteiger partial charge in [0.05, 0.1) is 12.5 Å². The van der Waals surface area contributed by atoms with E-state index in [1.165, 1.54) is 10.4 Å². The lowest BCUT2D eigenvalue weighted by molar-refractivity contribution is -0.145. The maximum Gasteiger partial charge on any atom is 0.307 e. The number of piperidine rings is 1. The molecule has 22 heavy (non-hydrogen) atoms. The minimum atomic E-state index is -0.743. The van der Waals surface area contributed by atoms with Crippen LogP contribution in [0.1, 0.15) is 23.3 Å². The summed E-state index contributed by atoms with van der Waals surface area (Å²) in [5, 5.41) is 11.2. The van der Waals surface area contributed by atoms with E-state index < -0.39 is 5.97 Å². The van der Waals surface area contributed by atoms with Gasteiger partial charge in [-0.1, -0.05) is 0 Å². The molecule has 0 aliphatic carbocycles. The Bertz CT molecular complexity index is 549. The normalized spacial score (nSPS) is 21.8. The Morgan fingerprint density at radius 3 is 2.95 bits per heavy atom. The number of hydrogen-bond donors (Lipinski definition) is 1. The molecule has 0 radical (unpaired) electrons. The summed E-state index contributed by atoms with van der Waals surface area (Å²) in [6, 6.07) is 2.10. The monoisotopic (exact) mass is 344 g/mol. The van der Waals surface area contributed by atoms with Gasteiger partial charge in [-0.25, -0.2) is 0 Å². The summed E-state index contributed by atoms with van der Waals surface area (Å²) < 4.78 is 0. The van der Waals surface area contributed by atoms with Gasteiger partial charge in [0.25, 0.3) is 0 Å². The Hall–Kier alpha value is -1.11. The highest BCUT2D eigenvalue weighted by atomic mass is 35.5. The van der Waals surface area contributed by atoms with Crippen molar-refractivity contribution in [3.05, 3.63) is 21.9 Å². The number of halogens is 1. The van der Waals surface area contributed by atoms with E-state index in [4.69, 9.17) is 5.11 Å². The highest BCUT2D eigenvalue weighted by molar-refractivity contribution is 7.10. The molecule has 1 saturated heterocycles. The third-order valence-corrected chi connectivity index (χ3v) is 5.40. The standard InChI is InChI=1S/C15H20N2O3S.ClH/c18-14(10-16-5-1-2-12(8-16)15(19)20)17-6-3-13-11(9-17)4-7-21-13;/h4,7,12H,1-3,5-6,8-10H2,(H,19,20);1H. The lowest BCUT2D eigenvalue weighted by Gasteiger charge is -2.33.